The molecule has 27 heavy (non-hydrogen) atoms. The summed E-state index contributed by atoms with van der Waals surface area (Å²) in [5.41, 5.74) is -5.21. The zero-order valence-corrected chi connectivity index (χ0v) is 12.9. The van der Waals surface area contributed by atoms with Gasteiger partial charge in [-0.25, -0.2) is 18.0 Å². The zero-order chi connectivity index (χ0) is 19.9. The summed E-state index contributed by atoms with van der Waals surface area (Å²) in [6.45, 7) is -0.367. The molecular formula is C15H6F6N4O2. The first-order valence-corrected chi connectivity index (χ1v) is 6.95. The van der Waals surface area contributed by atoms with Crippen molar-refractivity contribution in [1.82, 2.24) is 19.6 Å². The number of benzene rings is 1. The van der Waals surface area contributed by atoms with Gasteiger partial charge in [-0.05, 0) is 17.7 Å². The smallest absolute Gasteiger partial charge is 0.435 e. The van der Waals surface area contributed by atoms with Crippen LogP contribution in [0, 0.1) is 29.8 Å². The first kappa shape index (κ1) is 18.3. The van der Waals surface area contributed by atoms with Gasteiger partial charge in [0.15, 0.2) is 35.4 Å². The standard InChI is InChI=1S/C15H6F6N4O2/c1-2-3-27-13-22-12-9(6-4-7(16)10(18)8(17)5-6)11(15(19,20)21)24-25(12)14(26)23-13/h1,4-5H,3H2,(H,22,23,26). The van der Waals surface area contributed by atoms with E-state index in [9.17, 15) is 31.1 Å². The molecule has 3 aromatic rings. The van der Waals surface area contributed by atoms with Crippen molar-refractivity contribution in [3.05, 3.63) is 45.8 Å². The van der Waals surface area contributed by atoms with Gasteiger partial charge >= 0.3 is 17.9 Å². The molecule has 0 bridgehead atoms. The number of hydrogen-bond donors (Lipinski definition) is 1. The Bertz CT molecular complexity index is 1120. The van der Waals surface area contributed by atoms with E-state index in [1.54, 1.807) is 0 Å². The number of nitrogens with one attached hydrogen (secondary N) is 1. The van der Waals surface area contributed by atoms with Crippen molar-refractivity contribution < 1.29 is 31.1 Å². The molecule has 140 valence electrons. The molecular weight excluding hydrogens is 382 g/mol. The van der Waals surface area contributed by atoms with Crippen LogP contribution in [-0.2, 0) is 6.18 Å². The lowest BCUT2D eigenvalue weighted by atomic mass is 10.0. The van der Waals surface area contributed by atoms with Crippen LogP contribution in [0.3, 0.4) is 0 Å². The van der Waals surface area contributed by atoms with Crippen LogP contribution < -0.4 is 10.4 Å². The van der Waals surface area contributed by atoms with Crippen LogP contribution in [0.1, 0.15) is 5.69 Å². The molecule has 1 aromatic carbocycles. The van der Waals surface area contributed by atoms with E-state index in [4.69, 9.17) is 11.2 Å². The molecule has 12 heteroatoms. The van der Waals surface area contributed by atoms with Crippen LogP contribution in [0.4, 0.5) is 26.3 Å². The maximum Gasteiger partial charge on any atom is 0.435 e. The van der Waals surface area contributed by atoms with E-state index in [-0.39, 0.29) is 11.1 Å². The van der Waals surface area contributed by atoms with Gasteiger partial charge in [-0.1, -0.05) is 5.92 Å². The minimum absolute atomic E-state index is 0.236. The first-order chi connectivity index (χ1) is 12.6. The second-order valence-electron chi connectivity index (χ2n) is 5.05. The number of aromatic amines is 1. The Kier molecular flexibility index (Phi) is 4.30. The Morgan fingerprint density at radius 3 is 2.41 bits per heavy atom. The fraction of sp³-hybridized carbons (Fsp3) is 0.133. The average molecular weight is 388 g/mol. The van der Waals surface area contributed by atoms with E-state index in [0.29, 0.717) is 12.1 Å². The third kappa shape index (κ3) is 3.19. The van der Waals surface area contributed by atoms with Gasteiger partial charge in [0.1, 0.15) is 0 Å². The maximum atomic E-state index is 13.5. The van der Waals surface area contributed by atoms with Crippen LogP contribution in [0.5, 0.6) is 6.01 Å². The molecule has 0 atom stereocenters. The Morgan fingerprint density at radius 2 is 1.85 bits per heavy atom. The monoisotopic (exact) mass is 388 g/mol. The van der Waals surface area contributed by atoms with Crippen molar-refractivity contribution in [1.29, 1.82) is 0 Å². The number of hydrogen-bond acceptors (Lipinski definition) is 4. The highest BCUT2D eigenvalue weighted by Crippen LogP contribution is 2.38. The van der Waals surface area contributed by atoms with Crippen LogP contribution in [-0.4, -0.2) is 26.2 Å². The number of H-pyrrole nitrogens is 1. The lowest BCUT2D eigenvalue weighted by Gasteiger charge is -2.07. The SMILES string of the molecule is C#CCOc1nc2c(-c3cc(F)c(F)c(F)c3)c(C(F)(F)F)nn2c(=O)[nH]1. The predicted octanol–water partition coefficient (Wildman–Crippen LogP) is 2.53. The molecule has 6 nitrogen and oxygen atoms in total. The number of terminal acetylenes is 1. The van der Waals surface area contributed by atoms with Crippen molar-refractivity contribution in [2.45, 2.75) is 6.18 Å². The van der Waals surface area contributed by atoms with Crippen molar-refractivity contribution in [2.75, 3.05) is 6.61 Å². The Hall–Kier alpha value is -3.49. The lowest BCUT2D eigenvalue weighted by Crippen LogP contribution is -2.20. The molecule has 3 rings (SSSR count). The molecule has 0 aliphatic heterocycles. The molecule has 0 aliphatic carbocycles. The summed E-state index contributed by atoms with van der Waals surface area (Å²) >= 11 is 0. The molecule has 0 saturated carbocycles. The summed E-state index contributed by atoms with van der Waals surface area (Å²) in [4.78, 5) is 17.6. The zero-order valence-electron chi connectivity index (χ0n) is 12.9. The summed E-state index contributed by atoms with van der Waals surface area (Å²) < 4.78 is 85.4. The molecule has 0 radical (unpaired) electrons. The number of nitrogens with zero attached hydrogens (tertiary/aromatic N) is 3. The fourth-order valence-electron chi connectivity index (χ4n) is 2.27. The van der Waals surface area contributed by atoms with E-state index < -0.39 is 57.8 Å². The highest BCUT2D eigenvalue weighted by atomic mass is 19.4. The molecule has 1 N–H and O–H groups in total. The molecule has 2 heterocycles. The van der Waals surface area contributed by atoms with E-state index in [1.807, 2.05) is 4.98 Å². The molecule has 0 spiro atoms. The van der Waals surface area contributed by atoms with Gasteiger partial charge in [-0.15, -0.1) is 6.42 Å². The Balaban J connectivity index is 2.39. The number of fused-ring (bicyclic) bond motifs is 1. The van der Waals surface area contributed by atoms with E-state index in [1.165, 1.54) is 0 Å². The summed E-state index contributed by atoms with van der Waals surface area (Å²) in [5, 5.41) is 3.11. The normalized spacial score (nSPS) is 11.6. The van der Waals surface area contributed by atoms with Crippen LogP contribution in [0.25, 0.3) is 16.8 Å². The van der Waals surface area contributed by atoms with Gasteiger partial charge in [0.05, 0.1) is 5.56 Å². The van der Waals surface area contributed by atoms with E-state index >= 15 is 0 Å². The first-order valence-electron chi connectivity index (χ1n) is 6.95. The molecule has 0 amide bonds. The van der Waals surface area contributed by atoms with Crippen LogP contribution in [0.2, 0.25) is 0 Å². The molecule has 0 aliphatic rings. The number of halogens is 6. The van der Waals surface area contributed by atoms with Gasteiger partial charge in [-0.3, -0.25) is 4.98 Å². The number of alkyl halides is 3. The lowest BCUT2D eigenvalue weighted by molar-refractivity contribution is -0.140. The van der Waals surface area contributed by atoms with E-state index in [0.717, 1.165) is 0 Å². The topological polar surface area (TPSA) is 72.3 Å². The maximum absolute atomic E-state index is 13.5. The van der Waals surface area contributed by atoms with Gasteiger partial charge in [0, 0.05) is 0 Å². The number of aromatic nitrogens is 4. The van der Waals surface area contributed by atoms with Crippen LogP contribution in [0.15, 0.2) is 16.9 Å². The summed E-state index contributed by atoms with van der Waals surface area (Å²) in [6, 6.07) is 0.119. The Labute approximate surface area is 145 Å². The van der Waals surface area contributed by atoms with Gasteiger partial charge in [0.2, 0.25) is 0 Å². The molecule has 2 aromatic heterocycles. The van der Waals surface area contributed by atoms with Crippen molar-refractivity contribution in [3.63, 3.8) is 0 Å². The van der Waals surface area contributed by atoms with Crippen LogP contribution >= 0.6 is 0 Å². The summed E-state index contributed by atoms with van der Waals surface area (Å²) in [7, 11) is 0. The molecule has 0 fully saturated rings. The third-order valence-corrected chi connectivity index (χ3v) is 3.31. The van der Waals surface area contributed by atoms with Gasteiger partial charge in [-0.2, -0.15) is 27.8 Å². The largest absolute Gasteiger partial charge is 0.451 e. The highest BCUT2D eigenvalue weighted by Gasteiger charge is 2.40. The quantitative estimate of drug-likeness (QED) is 0.425. The minimum atomic E-state index is -5.11. The number of rotatable bonds is 3. The predicted molar refractivity (Wildman–Crippen MR) is 78.2 cm³/mol. The summed E-state index contributed by atoms with van der Waals surface area (Å²) in [5.74, 6) is -3.28. The fourth-order valence-corrected chi connectivity index (χ4v) is 2.27. The van der Waals surface area contributed by atoms with E-state index in [2.05, 4.69) is 16.0 Å². The van der Waals surface area contributed by atoms with Gasteiger partial charge in [0.25, 0.3) is 0 Å². The Morgan fingerprint density at radius 1 is 1.22 bits per heavy atom. The van der Waals surface area contributed by atoms with Gasteiger partial charge < -0.3 is 4.74 Å². The van der Waals surface area contributed by atoms with Crippen molar-refractivity contribution in [2.24, 2.45) is 0 Å². The second kappa shape index (κ2) is 6.35. The second-order valence-corrected chi connectivity index (χ2v) is 5.05. The molecule has 0 saturated heterocycles. The third-order valence-electron chi connectivity index (χ3n) is 3.31. The summed E-state index contributed by atoms with van der Waals surface area (Å²) in [6.07, 6.45) is -0.138. The number of ether oxygens (including phenoxy) is 1. The highest BCUT2D eigenvalue weighted by molar-refractivity contribution is 5.80. The average Bonchev–Trinajstić information content (AvgIpc) is 2.97. The van der Waals surface area contributed by atoms with Crippen molar-refractivity contribution in [3.8, 4) is 29.5 Å². The minimum Gasteiger partial charge on any atom is -0.451 e. The molecule has 0 unspecified atom stereocenters. The van der Waals surface area contributed by atoms with Crippen molar-refractivity contribution >= 4 is 5.65 Å².